The normalized spacial score (nSPS) is 16.8. The third-order valence-corrected chi connectivity index (χ3v) is 5.33. The number of hydrogen-bond donors (Lipinski definition) is 2. The number of imidazole rings is 1. The minimum atomic E-state index is 0.000890. The highest BCUT2D eigenvalue weighted by molar-refractivity contribution is 7.08. The van der Waals surface area contributed by atoms with Gasteiger partial charge in [-0.15, -0.1) is 0 Å². The average Bonchev–Trinajstić information content (AvgIpc) is 3.32. The predicted molar refractivity (Wildman–Crippen MR) is 97.4 cm³/mol. The summed E-state index contributed by atoms with van der Waals surface area (Å²) in [6.45, 7) is 1.98. The molecule has 0 saturated heterocycles. The molecule has 0 saturated carbocycles. The zero-order valence-electron chi connectivity index (χ0n) is 13.5. The van der Waals surface area contributed by atoms with Crippen molar-refractivity contribution in [1.82, 2.24) is 19.7 Å². The van der Waals surface area contributed by atoms with Crippen molar-refractivity contribution in [1.29, 1.82) is 0 Å². The molecule has 0 fully saturated rings. The number of fused-ring (bicyclic) bond motifs is 2. The fraction of sp³-hybridized carbons (Fsp3) is 0.167. The Bertz CT molecular complexity index is 1060. The van der Waals surface area contributed by atoms with Crippen molar-refractivity contribution in [3.8, 4) is 5.95 Å². The Kier molecular flexibility index (Phi) is 3.05. The van der Waals surface area contributed by atoms with Gasteiger partial charge in [0.25, 0.3) is 0 Å². The maximum Gasteiger partial charge on any atom is 0.231 e. The standard InChI is InChI=1S/C18H15N5OS/c1-10-16-12(11-6-7-25-9-11)8-15(24)21-17(16)23(22-10)18-19-13-4-2-3-5-14(13)20-18/h2-7,9,12H,8H2,1H3,(H,19,20)(H,21,24). The van der Waals surface area contributed by atoms with E-state index in [9.17, 15) is 4.79 Å². The lowest BCUT2D eigenvalue weighted by molar-refractivity contribution is -0.116. The second-order valence-electron chi connectivity index (χ2n) is 6.20. The number of para-hydroxylation sites is 2. The van der Waals surface area contributed by atoms with E-state index in [1.54, 1.807) is 16.0 Å². The molecular formula is C18H15N5OS. The molecule has 1 atom stereocenters. The van der Waals surface area contributed by atoms with Crippen molar-refractivity contribution in [2.45, 2.75) is 19.3 Å². The molecule has 1 aliphatic rings. The largest absolute Gasteiger partial charge is 0.322 e. The van der Waals surface area contributed by atoms with Gasteiger partial charge in [-0.25, -0.2) is 4.98 Å². The number of amides is 1. The van der Waals surface area contributed by atoms with E-state index in [0.29, 0.717) is 18.2 Å². The zero-order valence-corrected chi connectivity index (χ0v) is 14.3. The molecule has 0 spiro atoms. The fourth-order valence-corrected chi connectivity index (χ4v) is 4.21. The number of nitrogens with zero attached hydrogens (tertiary/aromatic N) is 3. The first kappa shape index (κ1) is 14.4. The van der Waals surface area contributed by atoms with E-state index in [1.807, 2.05) is 36.6 Å². The van der Waals surface area contributed by atoms with E-state index in [2.05, 4.69) is 31.8 Å². The lowest BCUT2D eigenvalue weighted by Gasteiger charge is -2.23. The summed E-state index contributed by atoms with van der Waals surface area (Å²) in [5.41, 5.74) is 4.95. The van der Waals surface area contributed by atoms with E-state index >= 15 is 0 Å². The number of hydrogen-bond acceptors (Lipinski definition) is 4. The highest BCUT2D eigenvalue weighted by Crippen LogP contribution is 2.40. The number of aromatic nitrogens is 4. The monoisotopic (exact) mass is 349 g/mol. The highest BCUT2D eigenvalue weighted by atomic mass is 32.1. The van der Waals surface area contributed by atoms with E-state index in [0.717, 1.165) is 27.9 Å². The Balaban J connectivity index is 1.70. The van der Waals surface area contributed by atoms with Crippen LogP contribution in [0.4, 0.5) is 5.82 Å². The number of benzene rings is 1. The Morgan fingerprint density at radius 2 is 2.16 bits per heavy atom. The summed E-state index contributed by atoms with van der Waals surface area (Å²) in [6.07, 6.45) is 0.441. The van der Waals surface area contributed by atoms with Gasteiger partial charge in [-0.05, 0) is 41.4 Å². The number of aromatic amines is 1. The fourth-order valence-electron chi connectivity index (χ4n) is 3.50. The summed E-state index contributed by atoms with van der Waals surface area (Å²) in [5.74, 6) is 1.36. The van der Waals surface area contributed by atoms with Crippen molar-refractivity contribution < 1.29 is 4.79 Å². The SMILES string of the molecule is Cc1nn(-c2nc3ccccc3[nH]2)c2c1C(c1ccsc1)CC(=O)N2. The number of nitrogens with one attached hydrogen (secondary N) is 2. The summed E-state index contributed by atoms with van der Waals surface area (Å²) in [5, 5.41) is 11.8. The highest BCUT2D eigenvalue weighted by Gasteiger charge is 2.33. The molecule has 0 aliphatic carbocycles. The van der Waals surface area contributed by atoms with Gasteiger partial charge in [-0.2, -0.15) is 21.1 Å². The molecule has 1 aromatic carbocycles. The molecule has 4 aromatic rings. The molecule has 1 aliphatic heterocycles. The van der Waals surface area contributed by atoms with Crippen LogP contribution in [0.25, 0.3) is 17.0 Å². The third-order valence-electron chi connectivity index (χ3n) is 4.63. The van der Waals surface area contributed by atoms with Crippen molar-refractivity contribution in [2.75, 3.05) is 5.32 Å². The summed E-state index contributed by atoms with van der Waals surface area (Å²) in [6, 6.07) is 9.91. The molecule has 7 heteroatoms. The summed E-state index contributed by atoms with van der Waals surface area (Å²) < 4.78 is 1.71. The summed E-state index contributed by atoms with van der Waals surface area (Å²) in [4.78, 5) is 20.2. The third kappa shape index (κ3) is 2.20. The van der Waals surface area contributed by atoms with Gasteiger partial charge in [0.05, 0.1) is 16.7 Å². The molecule has 25 heavy (non-hydrogen) atoms. The second-order valence-corrected chi connectivity index (χ2v) is 6.98. The second kappa shape index (κ2) is 5.29. The van der Waals surface area contributed by atoms with Crippen LogP contribution in [0.3, 0.4) is 0 Å². The zero-order chi connectivity index (χ0) is 17.0. The summed E-state index contributed by atoms with van der Waals surface area (Å²) >= 11 is 1.64. The molecule has 2 N–H and O–H groups in total. The van der Waals surface area contributed by atoms with E-state index < -0.39 is 0 Å². The van der Waals surface area contributed by atoms with Crippen LogP contribution in [0.1, 0.15) is 29.2 Å². The first-order valence-corrected chi connectivity index (χ1v) is 9.01. The molecular weight excluding hydrogens is 334 g/mol. The number of rotatable bonds is 2. The number of carbonyl (C=O) groups excluding carboxylic acids is 1. The van der Waals surface area contributed by atoms with Gasteiger partial charge in [-0.3, -0.25) is 4.79 Å². The van der Waals surface area contributed by atoms with Crippen molar-refractivity contribution >= 4 is 34.1 Å². The van der Waals surface area contributed by atoms with Crippen molar-refractivity contribution in [2.24, 2.45) is 0 Å². The Hall–Kier alpha value is -2.93. The molecule has 5 rings (SSSR count). The molecule has 124 valence electrons. The molecule has 6 nitrogen and oxygen atoms in total. The number of aryl methyl sites for hydroxylation is 1. The number of thiophene rings is 1. The number of carbonyl (C=O) groups is 1. The predicted octanol–water partition coefficient (Wildman–Crippen LogP) is 3.59. The molecule has 4 heterocycles. The van der Waals surface area contributed by atoms with Crippen LogP contribution in [-0.2, 0) is 4.79 Å². The lowest BCUT2D eigenvalue weighted by Crippen LogP contribution is -2.24. The van der Waals surface area contributed by atoms with Crippen LogP contribution < -0.4 is 5.32 Å². The minimum absolute atomic E-state index is 0.000890. The van der Waals surface area contributed by atoms with Gasteiger partial charge in [0.15, 0.2) is 0 Å². The van der Waals surface area contributed by atoms with Gasteiger partial charge in [0.2, 0.25) is 11.9 Å². The van der Waals surface area contributed by atoms with Crippen molar-refractivity contribution in [3.05, 3.63) is 57.9 Å². The molecule has 1 unspecified atom stereocenters. The maximum absolute atomic E-state index is 12.3. The van der Waals surface area contributed by atoms with Gasteiger partial charge < -0.3 is 10.3 Å². The minimum Gasteiger partial charge on any atom is -0.322 e. The number of H-pyrrole nitrogens is 1. The first-order valence-electron chi connectivity index (χ1n) is 8.07. The summed E-state index contributed by atoms with van der Waals surface area (Å²) in [7, 11) is 0. The number of anilines is 1. The Morgan fingerprint density at radius 3 is 2.96 bits per heavy atom. The van der Waals surface area contributed by atoms with Crippen LogP contribution in [0, 0.1) is 6.92 Å². The maximum atomic E-state index is 12.3. The molecule has 1 amide bonds. The topological polar surface area (TPSA) is 75.6 Å². The van der Waals surface area contributed by atoms with E-state index in [1.165, 1.54) is 0 Å². The smallest absolute Gasteiger partial charge is 0.231 e. The van der Waals surface area contributed by atoms with Gasteiger partial charge in [0, 0.05) is 17.9 Å². The molecule has 0 radical (unpaired) electrons. The van der Waals surface area contributed by atoms with Gasteiger partial charge >= 0.3 is 0 Å². The van der Waals surface area contributed by atoms with Crippen LogP contribution in [-0.4, -0.2) is 25.7 Å². The van der Waals surface area contributed by atoms with Crippen LogP contribution in [0.5, 0.6) is 0 Å². The van der Waals surface area contributed by atoms with Crippen LogP contribution in [0.2, 0.25) is 0 Å². The van der Waals surface area contributed by atoms with E-state index in [-0.39, 0.29) is 11.8 Å². The van der Waals surface area contributed by atoms with Gasteiger partial charge in [-0.1, -0.05) is 12.1 Å². The van der Waals surface area contributed by atoms with Crippen molar-refractivity contribution in [3.63, 3.8) is 0 Å². The average molecular weight is 349 g/mol. The quantitative estimate of drug-likeness (QED) is 0.581. The van der Waals surface area contributed by atoms with Gasteiger partial charge in [0.1, 0.15) is 5.82 Å². The van der Waals surface area contributed by atoms with E-state index in [4.69, 9.17) is 0 Å². The Labute approximate surface area is 147 Å². The molecule has 3 aromatic heterocycles. The lowest BCUT2D eigenvalue weighted by atomic mass is 9.87. The first-order chi connectivity index (χ1) is 12.2. The van der Waals surface area contributed by atoms with Crippen LogP contribution in [0.15, 0.2) is 41.1 Å². The van der Waals surface area contributed by atoms with Crippen LogP contribution >= 0.6 is 11.3 Å². The Morgan fingerprint density at radius 1 is 1.28 bits per heavy atom. The molecule has 0 bridgehead atoms.